The Kier molecular flexibility index (Phi) is 6.72. The molecule has 0 aliphatic carbocycles. The molecule has 7 heteroatoms. The van der Waals surface area contributed by atoms with Crippen molar-refractivity contribution in [3.63, 3.8) is 0 Å². The Morgan fingerprint density at radius 1 is 1.08 bits per heavy atom. The van der Waals surface area contributed by atoms with Crippen LogP contribution in [0.1, 0.15) is 42.7 Å². The van der Waals surface area contributed by atoms with Gasteiger partial charge in [0, 0.05) is 10.0 Å². The summed E-state index contributed by atoms with van der Waals surface area (Å²) in [6.45, 7) is 5.24. The molecule has 1 unspecified atom stereocenters. The SMILES string of the molecule is CC(C)(C)OC(=O)NC(C(=O)c1cccc(Br)c1)c1ccc(Cl)c(Cl)c1. The van der Waals surface area contributed by atoms with Crippen LogP contribution in [0.15, 0.2) is 46.9 Å². The third-order valence-electron chi connectivity index (χ3n) is 3.31. The third kappa shape index (κ3) is 5.73. The molecule has 0 radical (unpaired) electrons. The number of ketones is 1. The molecule has 1 N–H and O–H groups in total. The van der Waals surface area contributed by atoms with E-state index in [4.69, 9.17) is 27.9 Å². The van der Waals surface area contributed by atoms with Crippen molar-refractivity contribution in [1.29, 1.82) is 0 Å². The number of ether oxygens (including phenoxy) is 1. The molecule has 138 valence electrons. The summed E-state index contributed by atoms with van der Waals surface area (Å²) in [4.78, 5) is 25.3. The molecule has 0 aliphatic rings. The van der Waals surface area contributed by atoms with E-state index < -0.39 is 17.7 Å². The van der Waals surface area contributed by atoms with Crippen molar-refractivity contribution in [3.05, 3.63) is 68.1 Å². The summed E-state index contributed by atoms with van der Waals surface area (Å²) in [6.07, 6.45) is -0.697. The normalized spacial score (nSPS) is 12.4. The monoisotopic (exact) mass is 457 g/mol. The van der Waals surface area contributed by atoms with Crippen molar-refractivity contribution < 1.29 is 14.3 Å². The van der Waals surface area contributed by atoms with Crippen molar-refractivity contribution in [3.8, 4) is 0 Å². The summed E-state index contributed by atoms with van der Waals surface area (Å²) in [5.41, 5.74) is 0.257. The lowest BCUT2D eigenvalue weighted by atomic mass is 9.97. The average molecular weight is 459 g/mol. The third-order valence-corrected chi connectivity index (χ3v) is 4.54. The van der Waals surface area contributed by atoms with Crippen molar-refractivity contribution in [2.75, 3.05) is 0 Å². The van der Waals surface area contributed by atoms with Gasteiger partial charge in [-0.05, 0) is 50.6 Å². The topological polar surface area (TPSA) is 55.4 Å². The predicted molar refractivity (Wildman–Crippen MR) is 107 cm³/mol. The number of halogens is 3. The van der Waals surface area contributed by atoms with E-state index in [9.17, 15) is 9.59 Å². The van der Waals surface area contributed by atoms with Gasteiger partial charge in [0.25, 0.3) is 0 Å². The average Bonchev–Trinajstić information content (AvgIpc) is 2.53. The number of alkyl carbamates (subject to hydrolysis) is 1. The molecule has 0 spiro atoms. The van der Waals surface area contributed by atoms with Crippen LogP contribution in [0, 0.1) is 0 Å². The van der Waals surface area contributed by atoms with E-state index in [2.05, 4.69) is 21.2 Å². The zero-order valence-electron chi connectivity index (χ0n) is 14.5. The molecular weight excluding hydrogens is 441 g/mol. The van der Waals surface area contributed by atoms with Crippen molar-refractivity contribution in [2.24, 2.45) is 0 Å². The molecule has 0 aliphatic heterocycles. The van der Waals surface area contributed by atoms with Gasteiger partial charge in [0.15, 0.2) is 5.78 Å². The molecule has 26 heavy (non-hydrogen) atoms. The van der Waals surface area contributed by atoms with Gasteiger partial charge in [-0.25, -0.2) is 4.79 Å². The molecule has 1 amide bonds. The number of hydrogen-bond acceptors (Lipinski definition) is 3. The maximum Gasteiger partial charge on any atom is 0.408 e. The molecule has 1 atom stereocenters. The smallest absolute Gasteiger partial charge is 0.408 e. The Labute approximate surface area is 171 Å². The van der Waals surface area contributed by atoms with E-state index in [1.54, 1.807) is 57.2 Å². The number of carbonyl (C=O) groups excluding carboxylic acids is 2. The van der Waals surface area contributed by atoms with Gasteiger partial charge in [0.2, 0.25) is 0 Å². The van der Waals surface area contributed by atoms with Crippen molar-refractivity contribution in [1.82, 2.24) is 5.32 Å². The van der Waals surface area contributed by atoms with E-state index in [-0.39, 0.29) is 5.78 Å². The first-order chi connectivity index (χ1) is 12.1. The molecule has 0 saturated heterocycles. The molecular formula is C19H18BrCl2NO3. The molecule has 0 heterocycles. The standard InChI is InChI=1S/C19H18BrCl2NO3/c1-19(2,3)26-18(25)23-16(11-7-8-14(21)15(22)10-11)17(24)12-5-4-6-13(20)9-12/h4-10,16H,1-3H3,(H,23,25). The lowest BCUT2D eigenvalue weighted by Gasteiger charge is -2.23. The number of carbonyl (C=O) groups is 2. The summed E-state index contributed by atoms with van der Waals surface area (Å²) in [6, 6.07) is 10.7. The van der Waals surface area contributed by atoms with Crippen LogP contribution in [0.4, 0.5) is 4.79 Å². The minimum atomic E-state index is -0.964. The first-order valence-electron chi connectivity index (χ1n) is 7.81. The fourth-order valence-corrected chi connectivity index (χ4v) is 2.93. The summed E-state index contributed by atoms with van der Waals surface area (Å²) < 4.78 is 6.04. The highest BCUT2D eigenvalue weighted by molar-refractivity contribution is 9.10. The Morgan fingerprint density at radius 2 is 1.77 bits per heavy atom. The molecule has 0 bridgehead atoms. The summed E-state index contributed by atoms with van der Waals surface area (Å²) in [5.74, 6) is -0.296. The molecule has 0 fully saturated rings. The Hall–Kier alpha value is -1.56. The number of benzene rings is 2. The number of amides is 1. The van der Waals surface area contributed by atoms with Crippen LogP contribution in [0.25, 0.3) is 0 Å². The van der Waals surface area contributed by atoms with Crippen LogP contribution >= 0.6 is 39.1 Å². The van der Waals surface area contributed by atoms with Gasteiger partial charge in [-0.1, -0.05) is 57.3 Å². The van der Waals surface area contributed by atoms with E-state index in [0.717, 1.165) is 4.47 Å². The highest BCUT2D eigenvalue weighted by atomic mass is 79.9. The molecule has 4 nitrogen and oxygen atoms in total. The molecule has 2 aromatic carbocycles. The zero-order valence-corrected chi connectivity index (χ0v) is 17.6. The second-order valence-electron chi connectivity index (χ2n) is 6.63. The first-order valence-corrected chi connectivity index (χ1v) is 9.36. The number of rotatable bonds is 4. The second kappa shape index (κ2) is 8.42. The summed E-state index contributed by atoms with van der Waals surface area (Å²) in [7, 11) is 0. The molecule has 2 aromatic rings. The quantitative estimate of drug-likeness (QED) is 0.554. The summed E-state index contributed by atoms with van der Waals surface area (Å²) >= 11 is 15.4. The maximum atomic E-state index is 13.0. The molecule has 0 aromatic heterocycles. The maximum absolute atomic E-state index is 13.0. The van der Waals surface area contributed by atoms with Crippen LogP contribution in [-0.2, 0) is 4.74 Å². The Bertz CT molecular complexity index is 834. The van der Waals surface area contributed by atoms with E-state index >= 15 is 0 Å². The summed E-state index contributed by atoms with van der Waals surface area (Å²) in [5, 5.41) is 3.28. The number of nitrogens with one attached hydrogen (secondary N) is 1. The Morgan fingerprint density at radius 3 is 2.35 bits per heavy atom. The van der Waals surface area contributed by atoms with E-state index in [1.807, 2.05) is 6.07 Å². The zero-order chi connectivity index (χ0) is 19.5. The van der Waals surface area contributed by atoms with E-state index in [0.29, 0.717) is 21.2 Å². The molecule has 2 rings (SSSR count). The van der Waals surface area contributed by atoms with E-state index in [1.165, 1.54) is 0 Å². The van der Waals surface area contributed by atoms with Gasteiger partial charge in [-0.15, -0.1) is 0 Å². The van der Waals surface area contributed by atoms with Gasteiger partial charge in [0.1, 0.15) is 11.6 Å². The van der Waals surface area contributed by atoms with Crippen molar-refractivity contribution >= 4 is 51.0 Å². The minimum Gasteiger partial charge on any atom is -0.444 e. The lowest BCUT2D eigenvalue weighted by Crippen LogP contribution is -2.38. The number of Topliss-reactive ketones (excluding diaryl/α,β-unsaturated/α-hetero) is 1. The van der Waals surface area contributed by atoms with Crippen LogP contribution in [0.5, 0.6) is 0 Å². The lowest BCUT2D eigenvalue weighted by molar-refractivity contribution is 0.0491. The van der Waals surface area contributed by atoms with Gasteiger partial charge in [-0.3, -0.25) is 4.79 Å². The Balaban J connectivity index is 2.39. The van der Waals surface area contributed by atoms with Gasteiger partial charge in [-0.2, -0.15) is 0 Å². The fraction of sp³-hybridized carbons (Fsp3) is 0.263. The van der Waals surface area contributed by atoms with Gasteiger partial charge in [0.05, 0.1) is 10.0 Å². The first kappa shape index (κ1) is 20.7. The van der Waals surface area contributed by atoms with Gasteiger partial charge < -0.3 is 10.1 Å². The van der Waals surface area contributed by atoms with Crippen molar-refractivity contribution in [2.45, 2.75) is 32.4 Å². The predicted octanol–water partition coefficient (Wildman–Crippen LogP) is 6.20. The van der Waals surface area contributed by atoms with Crippen LogP contribution < -0.4 is 5.32 Å². The van der Waals surface area contributed by atoms with Crippen LogP contribution in [-0.4, -0.2) is 17.5 Å². The molecule has 0 saturated carbocycles. The second-order valence-corrected chi connectivity index (χ2v) is 8.36. The van der Waals surface area contributed by atoms with Crippen LogP contribution in [0.2, 0.25) is 10.0 Å². The highest BCUT2D eigenvalue weighted by Crippen LogP contribution is 2.28. The highest BCUT2D eigenvalue weighted by Gasteiger charge is 2.27. The van der Waals surface area contributed by atoms with Crippen LogP contribution in [0.3, 0.4) is 0 Å². The largest absolute Gasteiger partial charge is 0.444 e. The minimum absolute atomic E-state index is 0.294. The fourth-order valence-electron chi connectivity index (χ4n) is 2.23. The van der Waals surface area contributed by atoms with Gasteiger partial charge >= 0.3 is 6.09 Å². The number of hydrogen-bond donors (Lipinski definition) is 1.